The summed E-state index contributed by atoms with van der Waals surface area (Å²) >= 11 is 0. The molecule has 0 aliphatic heterocycles. The predicted molar refractivity (Wildman–Crippen MR) is 85.0 cm³/mol. The number of aromatic nitrogens is 4. The smallest absolute Gasteiger partial charge is 0.172 e. The molecule has 0 aliphatic carbocycles. The Balaban J connectivity index is 1.71. The van der Waals surface area contributed by atoms with Crippen molar-refractivity contribution in [3.05, 3.63) is 77.9 Å². The van der Waals surface area contributed by atoms with E-state index in [2.05, 4.69) is 32.1 Å². The number of aromatic amines is 1. The van der Waals surface area contributed by atoms with Crippen LogP contribution in [0.5, 0.6) is 0 Å². The maximum absolute atomic E-state index is 9.97. The lowest BCUT2D eigenvalue weighted by molar-refractivity contribution is 0.509. The number of aliphatic hydroxyl groups excluding tert-OH is 1. The summed E-state index contributed by atoms with van der Waals surface area (Å²) in [5.74, 6) is 0.474. The molecular formula is C17H16N4O. The van der Waals surface area contributed by atoms with Crippen LogP contribution in [0.25, 0.3) is 11.8 Å². The van der Waals surface area contributed by atoms with Crippen LogP contribution in [0.1, 0.15) is 22.8 Å². The molecule has 0 unspecified atom stereocenters. The molecule has 0 amide bonds. The monoisotopic (exact) mass is 292 g/mol. The summed E-state index contributed by atoms with van der Waals surface area (Å²) in [5.41, 5.74) is 2.88. The van der Waals surface area contributed by atoms with Gasteiger partial charge in [-0.15, -0.1) is 0 Å². The van der Waals surface area contributed by atoms with Crippen LogP contribution in [0.3, 0.4) is 0 Å². The molecule has 2 heterocycles. The zero-order valence-corrected chi connectivity index (χ0v) is 12.0. The summed E-state index contributed by atoms with van der Waals surface area (Å²) in [6.07, 6.45) is 8.09. The molecule has 0 atom stereocenters. The molecule has 0 bridgehead atoms. The summed E-state index contributed by atoms with van der Waals surface area (Å²) in [5, 5.41) is 9.97. The molecule has 0 radical (unpaired) electrons. The Morgan fingerprint density at radius 2 is 1.95 bits per heavy atom. The number of hydrogen-bond acceptors (Lipinski definition) is 4. The first-order valence-corrected chi connectivity index (χ1v) is 7.06. The Bertz CT molecular complexity index is 751. The normalized spacial score (nSPS) is 11.5. The van der Waals surface area contributed by atoms with E-state index >= 15 is 0 Å². The fourth-order valence-electron chi connectivity index (χ4n) is 2.16. The lowest BCUT2D eigenvalue weighted by Crippen LogP contribution is -1.97. The van der Waals surface area contributed by atoms with Gasteiger partial charge in [-0.3, -0.25) is 0 Å². The van der Waals surface area contributed by atoms with Crippen molar-refractivity contribution < 1.29 is 5.11 Å². The number of imidazole rings is 1. The van der Waals surface area contributed by atoms with Crippen molar-refractivity contribution in [1.82, 2.24) is 19.9 Å². The third-order valence-electron chi connectivity index (χ3n) is 3.28. The van der Waals surface area contributed by atoms with Gasteiger partial charge >= 0.3 is 0 Å². The van der Waals surface area contributed by atoms with Gasteiger partial charge in [-0.1, -0.05) is 30.3 Å². The Kier molecular flexibility index (Phi) is 4.25. The minimum atomic E-state index is 0.0534. The average Bonchev–Trinajstić information content (AvgIpc) is 3.09. The van der Waals surface area contributed by atoms with Crippen molar-refractivity contribution in [3.63, 3.8) is 0 Å². The molecule has 1 aromatic carbocycles. The molecule has 0 saturated heterocycles. The Labute approximate surface area is 128 Å². The highest BCUT2D eigenvalue weighted by Gasteiger charge is 2.03. The van der Waals surface area contributed by atoms with Gasteiger partial charge in [0.15, 0.2) is 11.6 Å². The highest BCUT2D eigenvalue weighted by molar-refractivity contribution is 5.71. The maximum Gasteiger partial charge on any atom is 0.172 e. The molecule has 3 rings (SSSR count). The number of nitrogens with zero attached hydrogens (tertiary/aromatic N) is 3. The third kappa shape index (κ3) is 3.58. The van der Waals surface area contributed by atoms with E-state index in [0.29, 0.717) is 11.5 Å². The molecule has 2 N–H and O–H groups in total. The van der Waals surface area contributed by atoms with Gasteiger partial charge in [-0.2, -0.15) is 0 Å². The van der Waals surface area contributed by atoms with Crippen LogP contribution in [0.2, 0.25) is 0 Å². The van der Waals surface area contributed by atoms with Crippen molar-refractivity contribution in [1.29, 1.82) is 0 Å². The molecule has 3 aromatic rings. The molecule has 2 aromatic heterocycles. The van der Waals surface area contributed by atoms with Gasteiger partial charge in [0.2, 0.25) is 0 Å². The molecular weight excluding hydrogens is 276 g/mol. The number of H-pyrrole nitrogens is 1. The van der Waals surface area contributed by atoms with Crippen molar-refractivity contribution in [2.45, 2.75) is 12.8 Å². The van der Waals surface area contributed by atoms with Crippen LogP contribution in [0.4, 0.5) is 0 Å². The van der Waals surface area contributed by atoms with Crippen LogP contribution in [-0.4, -0.2) is 25.0 Å². The summed E-state index contributed by atoms with van der Waals surface area (Å²) in [6, 6.07) is 12.2. The number of benzene rings is 1. The van der Waals surface area contributed by atoms with Crippen LogP contribution >= 0.6 is 0 Å². The zero-order chi connectivity index (χ0) is 15.2. The van der Waals surface area contributed by atoms with Crippen molar-refractivity contribution in [2.75, 3.05) is 0 Å². The van der Waals surface area contributed by atoms with E-state index in [0.717, 1.165) is 18.5 Å². The average molecular weight is 292 g/mol. The first-order valence-electron chi connectivity index (χ1n) is 7.06. The first kappa shape index (κ1) is 14.0. The van der Waals surface area contributed by atoms with Gasteiger partial charge < -0.3 is 10.1 Å². The summed E-state index contributed by atoms with van der Waals surface area (Å²) in [6.45, 7) is 0. The number of hydrogen-bond donors (Lipinski definition) is 2. The topological polar surface area (TPSA) is 74.7 Å². The number of aryl methyl sites for hydroxylation is 2. The second kappa shape index (κ2) is 6.67. The van der Waals surface area contributed by atoms with E-state index in [4.69, 9.17) is 0 Å². The molecule has 0 saturated carbocycles. The van der Waals surface area contributed by atoms with Gasteiger partial charge in [0.05, 0.1) is 5.69 Å². The number of aliphatic hydroxyl groups is 1. The largest absolute Gasteiger partial charge is 0.504 e. The van der Waals surface area contributed by atoms with E-state index in [9.17, 15) is 5.11 Å². The Morgan fingerprint density at radius 3 is 2.73 bits per heavy atom. The van der Waals surface area contributed by atoms with Gasteiger partial charge in [-0.05, 0) is 24.5 Å². The SMILES string of the molecule is O/C(=C\c1cc(CCc2ccccc2)ncn1)c1ncc[nH]1. The van der Waals surface area contributed by atoms with Crippen molar-refractivity contribution in [3.8, 4) is 0 Å². The summed E-state index contributed by atoms with van der Waals surface area (Å²) in [7, 11) is 0. The Morgan fingerprint density at radius 1 is 1.09 bits per heavy atom. The molecule has 0 fully saturated rings. The van der Waals surface area contributed by atoms with Gasteiger partial charge in [0, 0.05) is 24.2 Å². The number of nitrogens with one attached hydrogen (secondary N) is 1. The van der Waals surface area contributed by atoms with Crippen LogP contribution in [0.15, 0.2) is 55.1 Å². The van der Waals surface area contributed by atoms with Gasteiger partial charge in [-0.25, -0.2) is 15.0 Å². The minimum absolute atomic E-state index is 0.0534. The minimum Gasteiger partial charge on any atom is -0.504 e. The van der Waals surface area contributed by atoms with Crippen molar-refractivity contribution >= 4 is 11.8 Å². The molecule has 5 nitrogen and oxygen atoms in total. The summed E-state index contributed by atoms with van der Waals surface area (Å²) in [4.78, 5) is 15.3. The molecule has 5 heteroatoms. The van der Waals surface area contributed by atoms with Crippen LogP contribution in [0, 0.1) is 0 Å². The van der Waals surface area contributed by atoms with Crippen molar-refractivity contribution in [2.24, 2.45) is 0 Å². The molecule has 0 spiro atoms. The van der Waals surface area contributed by atoms with Gasteiger partial charge in [0.1, 0.15) is 6.33 Å². The van der Waals surface area contributed by atoms with E-state index < -0.39 is 0 Å². The lowest BCUT2D eigenvalue weighted by atomic mass is 10.1. The van der Waals surface area contributed by atoms with Gasteiger partial charge in [0.25, 0.3) is 0 Å². The van der Waals surface area contributed by atoms with E-state index in [1.165, 1.54) is 11.9 Å². The van der Waals surface area contributed by atoms with Crippen LogP contribution < -0.4 is 0 Å². The van der Waals surface area contributed by atoms with Crippen LogP contribution in [-0.2, 0) is 12.8 Å². The highest BCUT2D eigenvalue weighted by atomic mass is 16.3. The fraction of sp³-hybridized carbons (Fsp3) is 0.118. The highest BCUT2D eigenvalue weighted by Crippen LogP contribution is 2.11. The molecule has 0 aliphatic rings. The van der Waals surface area contributed by atoms with E-state index in [-0.39, 0.29) is 5.76 Å². The second-order valence-corrected chi connectivity index (χ2v) is 4.89. The van der Waals surface area contributed by atoms with E-state index in [1.807, 2.05) is 24.3 Å². The predicted octanol–water partition coefficient (Wildman–Crippen LogP) is 3.04. The number of rotatable bonds is 5. The summed E-state index contributed by atoms with van der Waals surface area (Å²) < 4.78 is 0. The maximum atomic E-state index is 9.97. The lowest BCUT2D eigenvalue weighted by Gasteiger charge is -2.02. The third-order valence-corrected chi connectivity index (χ3v) is 3.28. The first-order chi connectivity index (χ1) is 10.8. The molecule has 22 heavy (non-hydrogen) atoms. The molecule has 110 valence electrons. The second-order valence-electron chi connectivity index (χ2n) is 4.89. The standard InChI is InChI=1S/C17H16N4O/c22-16(17-18-8-9-19-17)11-15-10-14(20-12-21-15)7-6-13-4-2-1-3-5-13/h1-5,8-12,22H,6-7H2,(H,18,19)/b16-11-. The quantitative estimate of drug-likeness (QED) is 0.709. The van der Waals surface area contributed by atoms with E-state index in [1.54, 1.807) is 18.5 Å². The fourth-order valence-corrected chi connectivity index (χ4v) is 2.16. The zero-order valence-electron chi connectivity index (χ0n) is 12.0. The Hall–Kier alpha value is -2.95.